The summed E-state index contributed by atoms with van der Waals surface area (Å²) in [6.07, 6.45) is 8.62. The van der Waals surface area contributed by atoms with Crippen LogP contribution in [0.25, 0.3) is 11.1 Å². The lowest BCUT2D eigenvalue weighted by atomic mass is 9.86. The molecular weight excluding hydrogens is 520 g/mol. The number of hydrogen-bond acceptors (Lipinski definition) is 6. The minimum Gasteiger partial charge on any atom is -0.449 e. The summed E-state index contributed by atoms with van der Waals surface area (Å²) in [6, 6.07) is 10.0. The van der Waals surface area contributed by atoms with Crippen LogP contribution in [0.15, 0.2) is 34.5 Å². The Balaban J connectivity index is 1.53. The van der Waals surface area contributed by atoms with E-state index in [4.69, 9.17) is 4.74 Å². The number of rotatable bonds is 11. The molecular formula is C29H40N2O5S2. The van der Waals surface area contributed by atoms with Crippen LogP contribution in [0.1, 0.15) is 82.6 Å². The first-order chi connectivity index (χ1) is 18.2. The molecule has 2 aromatic rings. The summed E-state index contributed by atoms with van der Waals surface area (Å²) >= 11 is 1.19. The average molecular weight is 561 g/mol. The smallest absolute Gasteiger partial charge is 0.421 e. The number of sulfonamides is 1. The van der Waals surface area contributed by atoms with Gasteiger partial charge < -0.3 is 9.64 Å². The van der Waals surface area contributed by atoms with Crippen LogP contribution in [0.4, 0.5) is 4.79 Å². The van der Waals surface area contributed by atoms with Crippen molar-refractivity contribution in [3.8, 4) is 11.1 Å². The van der Waals surface area contributed by atoms with Crippen LogP contribution in [0, 0.1) is 11.8 Å². The Bertz CT molecular complexity index is 1210. The van der Waals surface area contributed by atoms with Crippen LogP contribution in [-0.2, 0) is 32.5 Å². The van der Waals surface area contributed by atoms with Crippen molar-refractivity contribution in [3.63, 3.8) is 0 Å². The molecule has 38 heavy (non-hydrogen) atoms. The van der Waals surface area contributed by atoms with Gasteiger partial charge in [0.25, 0.3) is 10.0 Å². The van der Waals surface area contributed by atoms with Crippen molar-refractivity contribution in [2.75, 3.05) is 6.61 Å². The van der Waals surface area contributed by atoms with Gasteiger partial charge in [0.2, 0.25) is 5.91 Å². The summed E-state index contributed by atoms with van der Waals surface area (Å²) in [5.41, 5.74) is 2.36. The number of carbonyl (C=O) groups excluding carboxylic acids is 2. The topological polar surface area (TPSA) is 92.8 Å². The van der Waals surface area contributed by atoms with E-state index in [9.17, 15) is 18.0 Å². The Morgan fingerprint density at radius 1 is 1.08 bits per heavy atom. The first-order valence-corrected chi connectivity index (χ1v) is 16.2. The molecule has 7 nitrogen and oxygen atoms in total. The van der Waals surface area contributed by atoms with Crippen LogP contribution >= 0.6 is 11.3 Å². The largest absolute Gasteiger partial charge is 0.449 e. The van der Waals surface area contributed by atoms with Gasteiger partial charge in [-0.1, -0.05) is 57.4 Å². The van der Waals surface area contributed by atoms with Crippen molar-refractivity contribution in [1.29, 1.82) is 0 Å². The normalized spacial score (nSPS) is 16.4. The molecule has 0 radical (unpaired) electrons. The standard InChI is InChI=1S/C29H40N2O5S2/c1-4-36-29(33)30-38(34,35)28-26(18-25(37-28)16-20(2)3)23-12-10-22(11-13-23)19-31(24-14-15-24)27(32)17-21-8-6-5-7-9-21/h10-13,18,20-21,24H,4-9,14-17,19H2,1-3H3,(H,30,33). The highest BCUT2D eigenvalue weighted by Gasteiger charge is 2.33. The molecule has 0 saturated heterocycles. The zero-order valence-corrected chi connectivity index (χ0v) is 24.3. The van der Waals surface area contributed by atoms with Gasteiger partial charge in [0.05, 0.1) is 6.61 Å². The van der Waals surface area contributed by atoms with E-state index in [1.807, 2.05) is 40.0 Å². The van der Waals surface area contributed by atoms with Crippen LogP contribution < -0.4 is 4.72 Å². The zero-order valence-electron chi connectivity index (χ0n) is 22.7. The summed E-state index contributed by atoms with van der Waals surface area (Å²) in [7, 11) is -4.09. The molecule has 2 fully saturated rings. The summed E-state index contributed by atoms with van der Waals surface area (Å²) in [6.45, 7) is 6.45. The quantitative estimate of drug-likeness (QED) is 0.338. The first-order valence-electron chi connectivity index (χ1n) is 13.9. The number of thiophene rings is 1. The lowest BCUT2D eigenvalue weighted by molar-refractivity contribution is -0.133. The molecule has 0 bridgehead atoms. The fourth-order valence-corrected chi connectivity index (χ4v) is 8.03. The van der Waals surface area contributed by atoms with Gasteiger partial charge in [0.1, 0.15) is 4.21 Å². The van der Waals surface area contributed by atoms with Gasteiger partial charge in [-0.3, -0.25) is 4.79 Å². The van der Waals surface area contributed by atoms with Crippen molar-refractivity contribution in [2.45, 2.75) is 95.4 Å². The van der Waals surface area contributed by atoms with E-state index in [-0.39, 0.29) is 16.7 Å². The molecule has 0 spiro atoms. The number of benzene rings is 1. The molecule has 2 aliphatic rings. The Morgan fingerprint density at radius 2 is 1.76 bits per heavy atom. The lowest BCUT2D eigenvalue weighted by Crippen LogP contribution is -2.34. The Hall–Kier alpha value is -2.39. The van der Waals surface area contributed by atoms with E-state index < -0.39 is 16.1 Å². The molecule has 208 valence electrons. The van der Waals surface area contributed by atoms with Gasteiger partial charge in [-0.25, -0.2) is 17.9 Å². The average Bonchev–Trinajstić information content (AvgIpc) is 3.62. The van der Waals surface area contributed by atoms with Gasteiger partial charge in [-0.05, 0) is 68.1 Å². The Kier molecular flexibility index (Phi) is 9.52. The molecule has 0 unspecified atom stereocenters. The maximum absolute atomic E-state index is 13.2. The van der Waals surface area contributed by atoms with Crippen molar-refractivity contribution in [2.24, 2.45) is 11.8 Å². The SMILES string of the molecule is CCOC(=O)NS(=O)(=O)c1sc(CC(C)C)cc1-c1ccc(CN(C(=O)CC2CCCCC2)C2CC2)cc1. The Morgan fingerprint density at radius 3 is 2.37 bits per heavy atom. The summed E-state index contributed by atoms with van der Waals surface area (Å²) in [5.74, 6) is 1.14. The van der Waals surface area contributed by atoms with E-state index in [1.54, 1.807) is 6.92 Å². The molecule has 2 amide bonds. The van der Waals surface area contributed by atoms with Gasteiger partial charge in [-0.2, -0.15) is 0 Å². The van der Waals surface area contributed by atoms with E-state index in [1.165, 1.54) is 30.6 Å². The number of nitrogens with zero attached hydrogens (tertiary/aromatic N) is 1. The fraction of sp³-hybridized carbons (Fsp3) is 0.586. The summed E-state index contributed by atoms with van der Waals surface area (Å²) in [5, 5.41) is 0. The predicted octanol–water partition coefficient (Wildman–Crippen LogP) is 6.51. The van der Waals surface area contributed by atoms with E-state index >= 15 is 0 Å². The van der Waals surface area contributed by atoms with Crippen LogP contribution in [0.3, 0.4) is 0 Å². The number of ether oxygens (including phenoxy) is 1. The predicted molar refractivity (Wildman–Crippen MR) is 150 cm³/mol. The molecule has 0 aliphatic heterocycles. The summed E-state index contributed by atoms with van der Waals surface area (Å²) < 4.78 is 33.1. The molecule has 1 N–H and O–H groups in total. The van der Waals surface area contributed by atoms with Crippen LogP contribution in [-0.4, -0.2) is 38.0 Å². The van der Waals surface area contributed by atoms with E-state index in [0.717, 1.165) is 48.1 Å². The fourth-order valence-electron chi connectivity index (χ4n) is 5.19. The molecule has 2 saturated carbocycles. The second kappa shape index (κ2) is 12.6. The molecule has 1 aromatic heterocycles. The number of amides is 2. The maximum atomic E-state index is 13.2. The highest BCUT2D eigenvalue weighted by molar-refractivity contribution is 7.92. The highest BCUT2D eigenvalue weighted by atomic mass is 32.2. The highest BCUT2D eigenvalue weighted by Crippen LogP contribution is 2.37. The maximum Gasteiger partial charge on any atom is 0.421 e. The molecule has 0 atom stereocenters. The first kappa shape index (κ1) is 28.6. The van der Waals surface area contributed by atoms with Gasteiger partial charge in [0, 0.05) is 29.4 Å². The van der Waals surface area contributed by atoms with Crippen LogP contribution in [0.2, 0.25) is 0 Å². The molecule has 2 aliphatic carbocycles. The minimum atomic E-state index is -4.09. The van der Waals surface area contributed by atoms with Crippen molar-refractivity contribution in [3.05, 3.63) is 40.8 Å². The molecule has 9 heteroatoms. The third kappa shape index (κ3) is 7.59. The second-order valence-electron chi connectivity index (χ2n) is 11.0. The monoisotopic (exact) mass is 560 g/mol. The molecule has 1 aromatic carbocycles. The van der Waals surface area contributed by atoms with Gasteiger partial charge in [0.15, 0.2) is 0 Å². The lowest BCUT2D eigenvalue weighted by Gasteiger charge is -2.27. The number of carbonyl (C=O) groups is 2. The third-order valence-corrected chi connectivity index (χ3v) is 10.2. The molecule has 4 rings (SSSR count). The van der Waals surface area contributed by atoms with Crippen molar-refractivity contribution in [1.82, 2.24) is 9.62 Å². The number of nitrogens with one attached hydrogen (secondary N) is 1. The second-order valence-corrected chi connectivity index (χ2v) is 14.0. The van der Waals surface area contributed by atoms with E-state index in [2.05, 4.69) is 13.8 Å². The van der Waals surface area contributed by atoms with Gasteiger partial charge >= 0.3 is 6.09 Å². The minimum absolute atomic E-state index is 0.0831. The Labute approximate surface area is 231 Å². The van der Waals surface area contributed by atoms with Crippen molar-refractivity contribution >= 4 is 33.4 Å². The van der Waals surface area contributed by atoms with Crippen molar-refractivity contribution < 1.29 is 22.7 Å². The van der Waals surface area contributed by atoms with E-state index in [0.29, 0.717) is 36.4 Å². The molecule has 1 heterocycles. The zero-order chi connectivity index (χ0) is 27.3. The number of hydrogen-bond donors (Lipinski definition) is 1. The van der Waals surface area contributed by atoms with Gasteiger partial charge in [-0.15, -0.1) is 11.3 Å². The third-order valence-electron chi connectivity index (χ3n) is 7.21. The summed E-state index contributed by atoms with van der Waals surface area (Å²) in [4.78, 5) is 28.1. The van der Waals surface area contributed by atoms with Crippen LogP contribution in [0.5, 0.6) is 0 Å².